The van der Waals surface area contributed by atoms with Crippen LogP contribution < -0.4 is 10.1 Å². The topological polar surface area (TPSA) is 34.1 Å². The van der Waals surface area contributed by atoms with Gasteiger partial charge in [-0.15, -0.1) is 0 Å². The van der Waals surface area contributed by atoms with E-state index in [9.17, 15) is 0 Å². The molecule has 1 aromatic heterocycles. The molecule has 0 fully saturated rings. The molecule has 0 aliphatic rings. The minimum absolute atomic E-state index is 0.762. The van der Waals surface area contributed by atoms with Gasteiger partial charge in [0.05, 0.1) is 11.7 Å². The minimum Gasteiger partial charge on any atom is -0.455 e. The standard InChI is InChI=1S/C18H18N2O/c1-2-19-12-15-8-4-6-10-18(15)21-16-11-14-7-3-5-9-17(14)20-13-16/h3-11,13,19H,2,12H2,1H3. The number of para-hydroxylation sites is 2. The van der Waals surface area contributed by atoms with E-state index in [1.54, 1.807) is 6.20 Å². The first-order valence-corrected chi connectivity index (χ1v) is 7.18. The lowest BCUT2D eigenvalue weighted by molar-refractivity contribution is 0.472. The molecule has 2 aromatic carbocycles. The van der Waals surface area contributed by atoms with E-state index in [4.69, 9.17) is 4.74 Å². The van der Waals surface area contributed by atoms with Gasteiger partial charge in [-0.3, -0.25) is 4.98 Å². The molecular weight excluding hydrogens is 260 g/mol. The largest absolute Gasteiger partial charge is 0.455 e. The summed E-state index contributed by atoms with van der Waals surface area (Å²) in [5.74, 6) is 1.63. The number of nitrogens with zero attached hydrogens (tertiary/aromatic N) is 1. The van der Waals surface area contributed by atoms with Crippen LogP contribution in [0.15, 0.2) is 60.8 Å². The van der Waals surface area contributed by atoms with Crippen LogP contribution in [0.4, 0.5) is 0 Å². The summed E-state index contributed by atoms with van der Waals surface area (Å²) in [6.07, 6.45) is 1.77. The molecule has 3 aromatic rings. The van der Waals surface area contributed by atoms with Gasteiger partial charge in [0.1, 0.15) is 11.5 Å². The molecule has 0 radical (unpaired) electrons. The van der Waals surface area contributed by atoms with Crippen molar-refractivity contribution in [2.75, 3.05) is 6.54 Å². The monoisotopic (exact) mass is 278 g/mol. The fourth-order valence-electron chi connectivity index (χ4n) is 2.24. The number of nitrogens with one attached hydrogen (secondary N) is 1. The number of hydrogen-bond acceptors (Lipinski definition) is 3. The van der Waals surface area contributed by atoms with Crippen molar-refractivity contribution in [3.05, 3.63) is 66.4 Å². The molecule has 0 spiro atoms. The van der Waals surface area contributed by atoms with Crippen LogP contribution in [0.3, 0.4) is 0 Å². The van der Waals surface area contributed by atoms with E-state index in [1.807, 2.05) is 48.5 Å². The number of rotatable bonds is 5. The maximum atomic E-state index is 6.01. The van der Waals surface area contributed by atoms with Gasteiger partial charge >= 0.3 is 0 Å². The highest BCUT2D eigenvalue weighted by molar-refractivity contribution is 5.79. The molecule has 0 amide bonds. The summed E-state index contributed by atoms with van der Waals surface area (Å²) in [6.45, 7) is 3.83. The molecule has 0 atom stereocenters. The Morgan fingerprint density at radius 1 is 1.05 bits per heavy atom. The van der Waals surface area contributed by atoms with Crippen LogP contribution in [0.2, 0.25) is 0 Å². The average molecular weight is 278 g/mol. The highest BCUT2D eigenvalue weighted by Gasteiger charge is 2.05. The number of pyridine rings is 1. The molecule has 0 bridgehead atoms. The second kappa shape index (κ2) is 6.37. The summed E-state index contributed by atoms with van der Waals surface area (Å²) < 4.78 is 6.01. The molecule has 0 aliphatic carbocycles. The van der Waals surface area contributed by atoms with E-state index in [0.717, 1.165) is 41.1 Å². The van der Waals surface area contributed by atoms with Gasteiger partial charge in [0.15, 0.2) is 0 Å². The molecule has 3 rings (SSSR count). The summed E-state index contributed by atoms with van der Waals surface area (Å²) in [5.41, 5.74) is 2.12. The van der Waals surface area contributed by atoms with Crippen molar-refractivity contribution < 1.29 is 4.74 Å². The van der Waals surface area contributed by atoms with E-state index < -0.39 is 0 Å². The summed E-state index contributed by atoms with van der Waals surface area (Å²) in [5, 5.41) is 4.41. The van der Waals surface area contributed by atoms with Gasteiger partial charge in [-0.2, -0.15) is 0 Å². The van der Waals surface area contributed by atoms with Gasteiger partial charge in [0.25, 0.3) is 0 Å². The Balaban J connectivity index is 1.87. The molecule has 0 aliphatic heterocycles. The zero-order valence-corrected chi connectivity index (χ0v) is 12.0. The lowest BCUT2D eigenvalue weighted by Crippen LogP contribution is -2.12. The fraction of sp³-hybridized carbons (Fsp3) is 0.167. The Bertz CT molecular complexity index is 740. The zero-order chi connectivity index (χ0) is 14.5. The third kappa shape index (κ3) is 3.20. The minimum atomic E-state index is 0.762. The molecule has 1 N–H and O–H groups in total. The maximum Gasteiger partial charge on any atom is 0.146 e. The predicted octanol–water partition coefficient (Wildman–Crippen LogP) is 4.14. The van der Waals surface area contributed by atoms with Crippen LogP contribution in [-0.4, -0.2) is 11.5 Å². The first kappa shape index (κ1) is 13.6. The second-order valence-corrected chi connectivity index (χ2v) is 4.85. The lowest BCUT2D eigenvalue weighted by Gasteiger charge is -2.11. The Morgan fingerprint density at radius 2 is 1.86 bits per heavy atom. The fourth-order valence-corrected chi connectivity index (χ4v) is 2.24. The van der Waals surface area contributed by atoms with E-state index in [1.165, 1.54) is 0 Å². The van der Waals surface area contributed by atoms with E-state index in [-0.39, 0.29) is 0 Å². The Labute approximate surface area is 124 Å². The second-order valence-electron chi connectivity index (χ2n) is 4.85. The molecule has 0 saturated heterocycles. The third-order valence-electron chi connectivity index (χ3n) is 3.33. The maximum absolute atomic E-state index is 6.01. The predicted molar refractivity (Wildman–Crippen MR) is 85.6 cm³/mol. The Kier molecular flexibility index (Phi) is 4.12. The number of benzene rings is 2. The van der Waals surface area contributed by atoms with Crippen LogP contribution in [0.25, 0.3) is 10.9 Å². The quantitative estimate of drug-likeness (QED) is 0.761. The SMILES string of the molecule is CCNCc1ccccc1Oc1cnc2ccccc2c1. The Morgan fingerprint density at radius 3 is 2.76 bits per heavy atom. The van der Waals surface area contributed by atoms with Gasteiger partial charge < -0.3 is 10.1 Å². The van der Waals surface area contributed by atoms with Gasteiger partial charge in [0, 0.05) is 17.5 Å². The summed E-state index contributed by atoms with van der Waals surface area (Å²) in [4.78, 5) is 4.43. The number of ether oxygens (including phenoxy) is 1. The molecule has 21 heavy (non-hydrogen) atoms. The number of aromatic nitrogens is 1. The Hall–Kier alpha value is -2.39. The normalized spacial score (nSPS) is 10.7. The molecule has 1 heterocycles. The molecule has 0 unspecified atom stereocenters. The molecular formula is C18H18N2O. The van der Waals surface area contributed by atoms with Crippen molar-refractivity contribution in [1.29, 1.82) is 0 Å². The molecule has 3 nitrogen and oxygen atoms in total. The van der Waals surface area contributed by atoms with Crippen LogP contribution in [0.5, 0.6) is 11.5 Å². The summed E-state index contributed by atoms with van der Waals surface area (Å²) in [7, 11) is 0. The third-order valence-corrected chi connectivity index (χ3v) is 3.33. The van der Waals surface area contributed by atoms with Crippen molar-refractivity contribution in [2.24, 2.45) is 0 Å². The number of hydrogen-bond donors (Lipinski definition) is 1. The first-order chi connectivity index (χ1) is 10.4. The molecule has 0 saturated carbocycles. The highest BCUT2D eigenvalue weighted by atomic mass is 16.5. The zero-order valence-electron chi connectivity index (χ0n) is 12.0. The summed E-state index contributed by atoms with van der Waals surface area (Å²) >= 11 is 0. The lowest BCUT2D eigenvalue weighted by atomic mass is 10.2. The van der Waals surface area contributed by atoms with Crippen molar-refractivity contribution in [3.8, 4) is 11.5 Å². The van der Waals surface area contributed by atoms with Gasteiger partial charge in [0.2, 0.25) is 0 Å². The van der Waals surface area contributed by atoms with Gasteiger partial charge in [-0.1, -0.05) is 43.3 Å². The first-order valence-electron chi connectivity index (χ1n) is 7.18. The van der Waals surface area contributed by atoms with E-state index >= 15 is 0 Å². The van der Waals surface area contributed by atoms with Crippen molar-refractivity contribution >= 4 is 10.9 Å². The summed E-state index contributed by atoms with van der Waals surface area (Å²) in [6, 6.07) is 18.1. The van der Waals surface area contributed by atoms with E-state index in [0.29, 0.717) is 0 Å². The average Bonchev–Trinajstić information content (AvgIpc) is 2.54. The smallest absolute Gasteiger partial charge is 0.146 e. The van der Waals surface area contributed by atoms with Crippen molar-refractivity contribution in [2.45, 2.75) is 13.5 Å². The van der Waals surface area contributed by atoms with E-state index in [2.05, 4.69) is 23.3 Å². The van der Waals surface area contributed by atoms with Crippen LogP contribution >= 0.6 is 0 Å². The van der Waals surface area contributed by atoms with Gasteiger partial charge in [-0.25, -0.2) is 0 Å². The molecule has 3 heteroatoms. The van der Waals surface area contributed by atoms with Crippen molar-refractivity contribution in [3.63, 3.8) is 0 Å². The molecule has 106 valence electrons. The van der Waals surface area contributed by atoms with Crippen LogP contribution in [-0.2, 0) is 6.54 Å². The van der Waals surface area contributed by atoms with Gasteiger partial charge in [-0.05, 0) is 24.7 Å². The van der Waals surface area contributed by atoms with Crippen molar-refractivity contribution in [1.82, 2.24) is 10.3 Å². The highest BCUT2D eigenvalue weighted by Crippen LogP contribution is 2.26. The number of fused-ring (bicyclic) bond motifs is 1. The van der Waals surface area contributed by atoms with Crippen LogP contribution in [0, 0.1) is 0 Å². The van der Waals surface area contributed by atoms with Crippen LogP contribution in [0.1, 0.15) is 12.5 Å².